The van der Waals surface area contributed by atoms with Crippen molar-refractivity contribution in [1.82, 2.24) is 0 Å². The van der Waals surface area contributed by atoms with E-state index in [0.717, 1.165) is 11.3 Å². The second kappa shape index (κ2) is 6.02. The lowest BCUT2D eigenvalue weighted by Gasteiger charge is -2.23. The van der Waals surface area contributed by atoms with E-state index in [-0.39, 0.29) is 5.69 Å². The monoisotopic (exact) mass is 353 g/mol. The molecule has 110 valence electrons. The molecule has 0 amide bonds. The number of fused-ring (bicyclic) bond motifs is 1. The van der Waals surface area contributed by atoms with Crippen LogP contribution in [0.2, 0.25) is 0 Å². The Bertz CT molecular complexity index is 639. The van der Waals surface area contributed by atoms with E-state index in [2.05, 4.69) is 15.9 Å². The van der Waals surface area contributed by atoms with Crippen LogP contribution in [0.4, 0.5) is 14.5 Å². The molecule has 0 atom stereocenters. The number of benzene rings is 2. The zero-order chi connectivity index (χ0) is 14.8. The Hall–Kier alpha value is -1.62. The number of rotatable bonds is 2. The fourth-order valence-electron chi connectivity index (χ4n) is 2.51. The molecule has 0 saturated heterocycles. The highest BCUT2D eigenvalue weighted by molar-refractivity contribution is 9.08. The lowest BCUT2D eigenvalue weighted by molar-refractivity contribution is 0.331. The summed E-state index contributed by atoms with van der Waals surface area (Å²) in [6.07, 6.45) is 0. The second-order valence-electron chi connectivity index (χ2n) is 4.92. The molecule has 0 N–H and O–H groups in total. The summed E-state index contributed by atoms with van der Waals surface area (Å²) in [7, 11) is 0. The Morgan fingerprint density at radius 3 is 2.57 bits per heavy atom. The molecule has 2 aromatic carbocycles. The van der Waals surface area contributed by atoms with Crippen LogP contribution in [-0.2, 0) is 11.9 Å². The summed E-state index contributed by atoms with van der Waals surface area (Å²) in [5.41, 5.74) is 1.53. The van der Waals surface area contributed by atoms with Crippen molar-refractivity contribution in [3.63, 3.8) is 0 Å². The molecule has 3 rings (SSSR count). The Morgan fingerprint density at radius 2 is 1.86 bits per heavy atom. The van der Waals surface area contributed by atoms with Crippen LogP contribution in [0.15, 0.2) is 36.4 Å². The summed E-state index contributed by atoms with van der Waals surface area (Å²) in [5, 5.41) is 0.424. The van der Waals surface area contributed by atoms with Crippen molar-refractivity contribution >= 4 is 21.6 Å². The fraction of sp³-hybridized carbons (Fsp3) is 0.250. The Morgan fingerprint density at radius 1 is 1.14 bits per heavy atom. The Kier molecular flexibility index (Phi) is 4.10. The molecule has 2 nitrogen and oxygen atoms in total. The van der Waals surface area contributed by atoms with Gasteiger partial charge in [0, 0.05) is 17.4 Å². The highest BCUT2D eigenvalue weighted by atomic mass is 79.9. The smallest absolute Gasteiger partial charge is 0.149 e. The number of ether oxygens (including phenoxy) is 1. The summed E-state index contributed by atoms with van der Waals surface area (Å²) in [6.45, 7) is 1.27. The highest BCUT2D eigenvalue weighted by Gasteiger charge is 2.21. The molecule has 0 spiro atoms. The minimum atomic E-state index is -0.538. The van der Waals surface area contributed by atoms with Crippen LogP contribution in [-0.4, -0.2) is 13.2 Å². The average molecular weight is 354 g/mol. The third-order valence-electron chi connectivity index (χ3n) is 3.50. The van der Waals surface area contributed by atoms with E-state index >= 15 is 0 Å². The molecule has 1 heterocycles. The lowest BCUT2D eigenvalue weighted by atomic mass is 10.1. The maximum absolute atomic E-state index is 14.2. The molecule has 0 aliphatic carbocycles. The molecule has 0 bridgehead atoms. The van der Waals surface area contributed by atoms with Crippen molar-refractivity contribution in [3.8, 4) is 5.75 Å². The van der Waals surface area contributed by atoms with E-state index < -0.39 is 11.6 Å². The van der Waals surface area contributed by atoms with Gasteiger partial charge in [-0.15, -0.1) is 0 Å². The standard InChI is InChI=1S/C16H14BrF2NO/c17-9-11-7-13(18)16(14(19)8-11)20-5-6-21-15-4-2-1-3-12(15)10-20/h1-4,7-8H,5-6,9-10H2. The summed E-state index contributed by atoms with van der Waals surface area (Å²) in [5.74, 6) is -0.300. The van der Waals surface area contributed by atoms with Gasteiger partial charge in [0.25, 0.3) is 0 Å². The van der Waals surface area contributed by atoms with E-state index in [9.17, 15) is 8.78 Å². The number of anilines is 1. The Balaban J connectivity index is 1.98. The lowest BCUT2D eigenvalue weighted by Crippen LogP contribution is -2.27. The first kappa shape index (κ1) is 14.3. The molecule has 0 saturated carbocycles. The van der Waals surface area contributed by atoms with Gasteiger partial charge in [0.15, 0.2) is 0 Å². The van der Waals surface area contributed by atoms with Gasteiger partial charge in [0.1, 0.15) is 29.7 Å². The van der Waals surface area contributed by atoms with Crippen molar-refractivity contribution < 1.29 is 13.5 Å². The molecule has 0 aromatic heterocycles. The quantitative estimate of drug-likeness (QED) is 0.748. The fourth-order valence-corrected chi connectivity index (χ4v) is 2.84. The number of para-hydroxylation sites is 1. The van der Waals surface area contributed by atoms with Crippen LogP contribution >= 0.6 is 15.9 Å². The number of alkyl halides is 1. The molecule has 1 aliphatic rings. The molecule has 2 aromatic rings. The third kappa shape index (κ3) is 2.88. The second-order valence-corrected chi connectivity index (χ2v) is 5.48. The van der Waals surface area contributed by atoms with Crippen LogP contribution in [0.5, 0.6) is 5.75 Å². The summed E-state index contributed by atoms with van der Waals surface area (Å²) in [6, 6.07) is 10.3. The number of halogens is 3. The largest absolute Gasteiger partial charge is 0.491 e. The first-order valence-electron chi connectivity index (χ1n) is 6.68. The van der Waals surface area contributed by atoms with Gasteiger partial charge >= 0.3 is 0 Å². The van der Waals surface area contributed by atoms with Crippen LogP contribution in [0.25, 0.3) is 0 Å². The number of hydrogen-bond acceptors (Lipinski definition) is 2. The molecular weight excluding hydrogens is 340 g/mol. The molecule has 0 fully saturated rings. The van der Waals surface area contributed by atoms with Crippen LogP contribution < -0.4 is 9.64 Å². The molecule has 0 unspecified atom stereocenters. The van der Waals surface area contributed by atoms with E-state index in [0.29, 0.717) is 30.6 Å². The van der Waals surface area contributed by atoms with Gasteiger partial charge in [-0.1, -0.05) is 34.1 Å². The van der Waals surface area contributed by atoms with E-state index in [1.807, 2.05) is 24.3 Å². The minimum Gasteiger partial charge on any atom is -0.491 e. The van der Waals surface area contributed by atoms with Crippen molar-refractivity contribution in [3.05, 3.63) is 59.2 Å². The van der Waals surface area contributed by atoms with E-state index in [1.165, 1.54) is 12.1 Å². The van der Waals surface area contributed by atoms with Crippen molar-refractivity contribution in [2.45, 2.75) is 11.9 Å². The zero-order valence-electron chi connectivity index (χ0n) is 11.3. The van der Waals surface area contributed by atoms with Crippen LogP contribution in [0.3, 0.4) is 0 Å². The first-order chi connectivity index (χ1) is 10.2. The van der Waals surface area contributed by atoms with Gasteiger partial charge in [0.05, 0.1) is 6.54 Å². The highest BCUT2D eigenvalue weighted by Crippen LogP contribution is 2.30. The van der Waals surface area contributed by atoms with Crippen molar-refractivity contribution in [1.29, 1.82) is 0 Å². The van der Waals surface area contributed by atoms with Crippen molar-refractivity contribution in [2.75, 3.05) is 18.1 Å². The van der Waals surface area contributed by atoms with Gasteiger partial charge in [-0.05, 0) is 23.8 Å². The average Bonchev–Trinajstić information content (AvgIpc) is 2.68. The van der Waals surface area contributed by atoms with Gasteiger partial charge in [-0.3, -0.25) is 0 Å². The summed E-state index contributed by atoms with van der Waals surface area (Å²) >= 11 is 3.21. The first-order valence-corrected chi connectivity index (χ1v) is 7.80. The van der Waals surface area contributed by atoms with E-state index in [4.69, 9.17) is 4.74 Å². The zero-order valence-corrected chi connectivity index (χ0v) is 12.9. The third-order valence-corrected chi connectivity index (χ3v) is 4.15. The normalized spacial score (nSPS) is 14.3. The molecule has 0 radical (unpaired) electrons. The van der Waals surface area contributed by atoms with Crippen molar-refractivity contribution in [2.24, 2.45) is 0 Å². The summed E-state index contributed by atoms with van der Waals surface area (Å²) < 4.78 is 34.1. The molecule has 1 aliphatic heterocycles. The van der Waals surface area contributed by atoms with Gasteiger partial charge in [-0.25, -0.2) is 8.78 Å². The van der Waals surface area contributed by atoms with Gasteiger partial charge in [0.2, 0.25) is 0 Å². The van der Waals surface area contributed by atoms with Gasteiger partial charge in [-0.2, -0.15) is 0 Å². The number of nitrogens with zero attached hydrogens (tertiary/aromatic N) is 1. The maximum Gasteiger partial charge on any atom is 0.149 e. The summed E-state index contributed by atoms with van der Waals surface area (Å²) in [4.78, 5) is 1.69. The SMILES string of the molecule is Fc1cc(CBr)cc(F)c1N1CCOc2ccccc2C1. The molecule has 21 heavy (non-hydrogen) atoms. The van der Waals surface area contributed by atoms with Crippen LogP contribution in [0.1, 0.15) is 11.1 Å². The van der Waals surface area contributed by atoms with Gasteiger partial charge < -0.3 is 9.64 Å². The van der Waals surface area contributed by atoms with E-state index in [1.54, 1.807) is 4.90 Å². The van der Waals surface area contributed by atoms with Crippen LogP contribution in [0, 0.1) is 11.6 Å². The predicted octanol–water partition coefficient (Wildman–Crippen LogP) is 4.26. The predicted molar refractivity (Wildman–Crippen MR) is 82.0 cm³/mol. The Labute approximate surface area is 130 Å². The number of hydrogen-bond donors (Lipinski definition) is 0. The molecule has 5 heteroatoms. The minimum absolute atomic E-state index is 0.0139. The molecular formula is C16H14BrF2NO. The maximum atomic E-state index is 14.2. The topological polar surface area (TPSA) is 12.5 Å².